The van der Waals surface area contributed by atoms with Crippen molar-refractivity contribution in [3.05, 3.63) is 59.4 Å². The summed E-state index contributed by atoms with van der Waals surface area (Å²) in [5.41, 5.74) is 4.86. The summed E-state index contributed by atoms with van der Waals surface area (Å²) in [5, 5.41) is 2.98. The first-order valence-corrected chi connectivity index (χ1v) is 7.88. The number of nitrogens with zero attached hydrogens (tertiary/aromatic N) is 2. The molecule has 0 spiro atoms. The van der Waals surface area contributed by atoms with Gasteiger partial charge in [0.15, 0.2) is 0 Å². The predicted octanol–water partition coefficient (Wildman–Crippen LogP) is 3.44. The van der Waals surface area contributed by atoms with Crippen molar-refractivity contribution in [2.75, 3.05) is 12.4 Å². The average Bonchev–Trinajstić information content (AvgIpc) is 2.88. The molecule has 0 saturated heterocycles. The number of methoxy groups -OCH3 is 1. The summed E-state index contributed by atoms with van der Waals surface area (Å²) in [6.45, 7) is 4.59. The van der Waals surface area contributed by atoms with Crippen LogP contribution in [0.25, 0.3) is 11.0 Å². The number of para-hydroxylation sites is 2. The third-order valence-corrected chi connectivity index (χ3v) is 3.96. The first-order valence-electron chi connectivity index (χ1n) is 7.88. The normalized spacial score (nSPS) is 11.0. The van der Waals surface area contributed by atoms with Gasteiger partial charge in [-0.05, 0) is 37.6 Å². The Morgan fingerprint density at radius 2 is 2.00 bits per heavy atom. The number of benzene rings is 2. The van der Waals surface area contributed by atoms with Gasteiger partial charge in [-0.25, -0.2) is 4.98 Å². The standard InChI is InChI=1S/C19H21N3O2/c1-13-8-9-15(14(2)10-13)21-19(23)11-22-17-7-5-4-6-16(17)20-18(22)12-24-3/h4-10H,11-12H2,1-3H3,(H,21,23). The number of hydrogen-bond donors (Lipinski definition) is 1. The van der Waals surface area contributed by atoms with Crippen molar-refractivity contribution in [1.82, 2.24) is 9.55 Å². The lowest BCUT2D eigenvalue weighted by Crippen LogP contribution is -2.20. The fraction of sp³-hybridized carbons (Fsp3) is 0.263. The van der Waals surface area contributed by atoms with Crippen molar-refractivity contribution in [3.8, 4) is 0 Å². The molecule has 1 N–H and O–H groups in total. The molecule has 3 rings (SSSR count). The van der Waals surface area contributed by atoms with Crippen LogP contribution in [0.3, 0.4) is 0 Å². The maximum atomic E-state index is 12.5. The lowest BCUT2D eigenvalue weighted by atomic mass is 10.1. The Hall–Kier alpha value is -2.66. The van der Waals surface area contributed by atoms with Crippen LogP contribution in [-0.2, 0) is 22.7 Å². The maximum Gasteiger partial charge on any atom is 0.244 e. The van der Waals surface area contributed by atoms with E-state index < -0.39 is 0 Å². The predicted molar refractivity (Wildman–Crippen MR) is 95.0 cm³/mol. The highest BCUT2D eigenvalue weighted by Gasteiger charge is 2.14. The molecule has 0 aliphatic rings. The Morgan fingerprint density at radius 1 is 1.21 bits per heavy atom. The van der Waals surface area contributed by atoms with Crippen molar-refractivity contribution in [3.63, 3.8) is 0 Å². The molecule has 5 heteroatoms. The smallest absolute Gasteiger partial charge is 0.244 e. The number of carbonyl (C=O) groups excluding carboxylic acids is 1. The fourth-order valence-electron chi connectivity index (χ4n) is 2.83. The van der Waals surface area contributed by atoms with Crippen molar-refractivity contribution in [2.24, 2.45) is 0 Å². The number of aromatic nitrogens is 2. The van der Waals surface area contributed by atoms with Crippen LogP contribution in [0.2, 0.25) is 0 Å². The monoisotopic (exact) mass is 323 g/mol. The third-order valence-electron chi connectivity index (χ3n) is 3.96. The summed E-state index contributed by atoms with van der Waals surface area (Å²) in [4.78, 5) is 17.1. The van der Waals surface area contributed by atoms with Gasteiger partial charge in [-0.2, -0.15) is 0 Å². The molecule has 1 amide bonds. The number of aryl methyl sites for hydroxylation is 2. The van der Waals surface area contributed by atoms with E-state index in [0.717, 1.165) is 28.1 Å². The molecule has 2 aromatic carbocycles. The second-order valence-corrected chi connectivity index (χ2v) is 5.90. The van der Waals surface area contributed by atoms with Gasteiger partial charge in [0.2, 0.25) is 5.91 Å². The van der Waals surface area contributed by atoms with E-state index in [1.54, 1.807) is 7.11 Å². The van der Waals surface area contributed by atoms with Crippen LogP contribution in [0.4, 0.5) is 5.69 Å². The number of hydrogen-bond acceptors (Lipinski definition) is 3. The first kappa shape index (κ1) is 16.2. The minimum atomic E-state index is -0.0811. The van der Waals surface area contributed by atoms with Gasteiger partial charge in [-0.15, -0.1) is 0 Å². The Labute approximate surface area is 141 Å². The molecule has 0 aliphatic carbocycles. The van der Waals surface area contributed by atoms with Crippen LogP contribution in [0.15, 0.2) is 42.5 Å². The Balaban J connectivity index is 1.85. The van der Waals surface area contributed by atoms with Crippen LogP contribution in [0.5, 0.6) is 0 Å². The van der Waals surface area contributed by atoms with Crippen LogP contribution < -0.4 is 5.32 Å². The summed E-state index contributed by atoms with van der Waals surface area (Å²) in [6, 6.07) is 13.8. The first-order chi connectivity index (χ1) is 11.6. The number of anilines is 1. The number of nitrogens with one attached hydrogen (secondary N) is 1. The number of imidazole rings is 1. The van der Waals surface area contributed by atoms with Crippen molar-refractivity contribution in [2.45, 2.75) is 27.0 Å². The Morgan fingerprint density at radius 3 is 2.75 bits per heavy atom. The molecule has 24 heavy (non-hydrogen) atoms. The van der Waals surface area contributed by atoms with Gasteiger partial charge in [-0.3, -0.25) is 4.79 Å². The largest absolute Gasteiger partial charge is 0.377 e. The molecule has 0 aliphatic heterocycles. The van der Waals surface area contributed by atoms with Gasteiger partial charge < -0.3 is 14.6 Å². The highest BCUT2D eigenvalue weighted by molar-refractivity contribution is 5.92. The van der Waals surface area contributed by atoms with Gasteiger partial charge in [0.05, 0.1) is 11.0 Å². The van der Waals surface area contributed by atoms with Gasteiger partial charge in [0, 0.05) is 12.8 Å². The van der Waals surface area contributed by atoms with E-state index in [1.165, 1.54) is 5.56 Å². The van der Waals surface area contributed by atoms with Gasteiger partial charge in [-0.1, -0.05) is 29.8 Å². The lowest BCUT2D eigenvalue weighted by Gasteiger charge is -2.12. The zero-order valence-electron chi connectivity index (χ0n) is 14.2. The topological polar surface area (TPSA) is 56.2 Å². The SMILES string of the molecule is COCc1nc2ccccc2n1CC(=O)Nc1ccc(C)cc1C. The zero-order chi connectivity index (χ0) is 17.1. The lowest BCUT2D eigenvalue weighted by molar-refractivity contribution is -0.116. The molecule has 1 aromatic heterocycles. The molecule has 1 heterocycles. The maximum absolute atomic E-state index is 12.5. The molecule has 0 radical (unpaired) electrons. The molecule has 124 valence electrons. The molecule has 0 unspecified atom stereocenters. The highest BCUT2D eigenvalue weighted by Crippen LogP contribution is 2.19. The fourth-order valence-corrected chi connectivity index (χ4v) is 2.83. The summed E-state index contributed by atoms with van der Waals surface area (Å²) >= 11 is 0. The number of amides is 1. The minimum Gasteiger partial charge on any atom is -0.377 e. The van der Waals surface area contributed by atoms with E-state index in [4.69, 9.17) is 4.74 Å². The van der Waals surface area contributed by atoms with Crippen LogP contribution in [-0.4, -0.2) is 22.6 Å². The molecule has 0 atom stereocenters. The third kappa shape index (κ3) is 3.31. The van der Waals surface area contributed by atoms with Crippen LogP contribution in [0, 0.1) is 13.8 Å². The van der Waals surface area contributed by atoms with Crippen LogP contribution in [0.1, 0.15) is 17.0 Å². The molecule has 3 aromatic rings. The molecule has 0 saturated carbocycles. The Bertz CT molecular complexity index is 883. The van der Waals surface area contributed by atoms with E-state index in [2.05, 4.69) is 16.4 Å². The Kier molecular flexibility index (Phi) is 4.62. The van der Waals surface area contributed by atoms with Crippen molar-refractivity contribution >= 4 is 22.6 Å². The van der Waals surface area contributed by atoms with Crippen LogP contribution >= 0.6 is 0 Å². The summed E-state index contributed by atoms with van der Waals surface area (Å²) in [5.74, 6) is 0.664. The summed E-state index contributed by atoms with van der Waals surface area (Å²) in [6.07, 6.45) is 0. The summed E-state index contributed by atoms with van der Waals surface area (Å²) in [7, 11) is 1.62. The van der Waals surface area contributed by atoms with Gasteiger partial charge in [0.25, 0.3) is 0 Å². The second kappa shape index (κ2) is 6.84. The number of rotatable bonds is 5. The molecule has 0 bridgehead atoms. The average molecular weight is 323 g/mol. The molecule has 5 nitrogen and oxygen atoms in total. The molecular weight excluding hydrogens is 302 g/mol. The van der Waals surface area contributed by atoms with E-state index in [9.17, 15) is 4.79 Å². The van der Waals surface area contributed by atoms with E-state index in [-0.39, 0.29) is 12.5 Å². The van der Waals surface area contributed by atoms with Gasteiger partial charge in [0.1, 0.15) is 19.0 Å². The second-order valence-electron chi connectivity index (χ2n) is 5.90. The molecule has 0 fully saturated rings. The quantitative estimate of drug-likeness (QED) is 0.782. The van der Waals surface area contributed by atoms with E-state index >= 15 is 0 Å². The highest BCUT2D eigenvalue weighted by atomic mass is 16.5. The zero-order valence-corrected chi connectivity index (χ0v) is 14.2. The number of ether oxygens (including phenoxy) is 1. The molecular formula is C19H21N3O2. The summed E-state index contributed by atoms with van der Waals surface area (Å²) < 4.78 is 7.12. The van der Waals surface area contributed by atoms with Crippen molar-refractivity contribution in [1.29, 1.82) is 0 Å². The number of fused-ring (bicyclic) bond motifs is 1. The number of carbonyl (C=O) groups is 1. The van der Waals surface area contributed by atoms with Crippen molar-refractivity contribution < 1.29 is 9.53 Å². The van der Waals surface area contributed by atoms with Gasteiger partial charge >= 0.3 is 0 Å². The van der Waals surface area contributed by atoms with E-state index in [0.29, 0.717) is 6.61 Å². The van der Waals surface area contributed by atoms with E-state index in [1.807, 2.05) is 54.8 Å². The minimum absolute atomic E-state index is 0.0811.